The minimum absolute atomic E-state index is 0.346. The molecule has 19 heavy (non-hydrogen) atoms. The van der Waals surface area contributed by atoms with Crippen molar-refractivity contribution in [1.29, 1.82) is 0 Å². The lowest BCUT2D eigenvalue weighted by Crippen LogP contribution is -2.12. The highest BCUT2D eigenvalue weighted by Crippen LogP contribution is 2.25. The van der Waals surface area contributed by atoms with Crippen LogP contribution in [0.4, 0.5) is 10.1 Å². The number of nitrogens with one attached hydrogen (secondary N) is 1. The van der Waals surface area contributed by atoms with E-state index in [-0.39, 0.29) is 11.7 Å². The van der Waals surface area contributed by atoms with Gasteiger partial charge in [0.05, 0.1) is 10.7 Å². The Balaban J connectivity index is 2.23. The molecular formula is C14H10Cl2FNO. The molecule has 0 aliphatic rings. The van der Waals surface area contributed by atoms with Gasteiger partial charge in [0.15, 0.2) is 0 Å². The highest BCUT2D eigenvalue weighted by Gasteiger charge is 2.10. The summed E-state index contributed by atoms with van der Waals surface area (Å²) in [7, 11) is 0. The molecular weight excluding hydrogens is 288 g/mol. The average molecular weight is 298 g/mol. The highest BCUT2D eigenvalue weighted by atomic mass is 35.5. The predicted octanol–water partition coefficient (Wildman–Crippen LogP) is 4.69. The van der Waals surface area contributed by atoms with Gasteiger partial charge in [0, 0.05) is 10.6 Å². The van der Waals surface area contributed by atoms with E-state index >= 15 is 0 Å². The van der Waals surface area contributed by atoms with Gasteiger partial charge in [0.2, 0.25) is 0 Å². The van der Waals surface area contributed by atoms with E-state index in [4.69, 9.17) is 23.2 Å². The number of carbonyl (C=O) groups is 1. The van der Waals surface area contributed by atoms with Crippen molar-refractivity contribution in [3.63, 3.8) is 0 Å². The van der Waals surface area contributed by atoms with Crippen LogP contribution in [-0.2, 0) is 0 Å². The van der Waals surface area contributed by atoms with Gasteiger partial charge in [-0.05, 0) is 48.9 Å². The maximum atomic E-state index is 13.1. The van der Waals surface area contributed by atoms with Gasteiger partial charge in [-0.15, -0.1) is 0 Å². The lowest BCUT2D eigenvalue weighted by atomic mass is 10.1. The van der Waals surface area contributed by atoms with Gasteiger partial charge in [-0.3, -0.25) is 4.79 Å². The standard InChI is InChI=1S/C14H10Cl2FNO/c1-8-6-9(2-4-12(8)17)14(19)18-13-5-3-10(15)7-11(13)16/h2-7H,1H3,(H,18,19). The number of benzene rings is 2. The number of halogens is 3. The van der Waals surface area contributed by atoms with Gasteiger partial charge in [0.1, 0.15) is 5.82 Å². The van der Waals surface area contributed by atoms with Crippen LogP contribution in [0.2, 0.25) is 10.0 Å². The van der Waals surface area contributed by atoms with E-state index in [1.165, 1.54) is 24.3 Å². The van der Waals surface area contributed by atoms with Gasteiger partial charge in [-0.1, -0.05) is 23.2 Å². The minimum atomic E-state index is -0.354. The Morgan fingerprint density at radius 1 is 1.16 bits per heavy atom. The molecule has 1 amide bonds. The largest absolute Gasteiger partial charge is 0.321 e. The maximum absolute atomic E-state index is 13.1. The first-order chi connectivity index (χ1) is 8.97. The number of anilines is 1. The molecule has 0 aromatic heterocycles. The SMILES string of the molecule is Cc1cc(C(=O)Nc2ccc(Cl)cc2Cl)ccc1F. The quantitative estimate of drug-likeness (QED) is 0.856. The highest BCUT2D eigenvalue weighted by molar-refractivity contribution is 6.36. The van der Waals surface area contributed by atoms with E-state index in [1.807, 2.05) is 0 Å². The Hall–Kier alpha value is -1.58. The normalized spacial score (nSPS) is 10.3. The summed E-state index contributed by atoms with van der Waals surface area (Å²) in [5.74, 6) is -0.701. The second-order valence-corrected chi connectivity index (χ2v) is 4.89. The summed E-state index contributed by atoms with van der Waals surface area (Å²) in [6.45, 7) is 1.60. The van der Waals surface area contributed by atoms with Crippen molar-refractivity contribution in [3.8, 4) is 0 Å². The van der Waals surface area contributed by atoms with Gasteiger partial charge in [0.25, 0.3) is 5.91 Å². The van der Waals surface area contributed by atoms with E-state index < -0.39 is 0 Å². The summed E-state index contributed by atoms with van der Waals surface area (Å²) < 4.78 is 13.1. The van der Waals surface area contributed by atoms with E-state index in [2.05, 4.69) is 5.32 Å². The Labute approximate surface area is 120 Å². The van der Waals surface area contributed by atoms with E-state index in [9.17, 15) is 9.18 Å². The smallest absolute Gasteiger partial charge is 0.255 e. The van der Waals surface area contributed by atoms with Crippen LogP contribution in [0.3, 0.4) is 0 Å². The first-order valence-corrected chi connectivity index (χ1v) is 6.25. The third kappa shape index (κ3) is 3.25. The van der Waals surface area contributed by atoms with Crippen molar-refractivity contribution < 1.29 is 9.18 Å². The Kier molecular flexibility index (Phi) is 4.08. The molecule has 0 atom stereocenters. The van der Waals surface area contributed by atoms with E-state index in [0.717, 1.165) is 0 Å². The lowest BCUT2D eigenvalue weighted by Gasteiger charge is -2.08. The van der Waals surface area contributed by atoms with Crippen molar-refractivity contribution in [3.05, 3.63) is 63.4 Å². The Morgan fingerprint density at radius 2 is 1.89 bits per heavy atom. The van der Waals surface area contributed by atoms with Crippen LogP contribution in [0.25, 0.3) is 0 Å². The predicted molar refractivity (Wildman–Crippen MR) is 75.6 cm³/mol. The zero-order valence-electron chi connectivity index (χ0n) is 10.0. The average Bonchev–Trinajstić information content (AvgIpc) is 2.36. The number of amides is 1. The molecule has 2 aromatic rings. The first kappa shape index (κ1) is 13.8. The van der Waals surface area contributed by atoms with Crippen LogP contribution in [0.15, 0.2) is 36.4 Å². The molecule has 2 nitrogen and oxygen atoms in total. The summed E-state index contributed by atoms with van der Waals surface area (Å²) in [5, 5.41) is 3.48. The fourth-order valence-corrected chi connectivity index (χ4v) is 2.03. The number of carbonyl (C=O) groups excluding carboxylic acids is 1. The molecule has 0 unspecified atom stereocenters. The van der Waals surface area contributed by atoms with E-state index in [0.29, 0.717) is 26.9 Å². The Morgan fingerprint density at radius 3 is 2.53 bits per heavy atom. The molecule has 5 heteroatoms. The van der Waals surface area contributed by atoms with Crippen molar-refractivity contribution in [2.45, 2.75) is 6.92 Å². The van der Waals surface area contributed by atoms with Crippen molar-refractivity contribution >= 4 is 34.8 Å². The first-order valence-electron chi connectivity index (χ1n) is 5.50. The fraction of sp³-hybridized carbons (Fsp3) is 0.0714. The topological polar surface area (TPSA) is 29.1 Å². The number of rotatable bonds is 2. The summed E-state index contributed by atoms with van der Waals surface area (Å²) in [6.07, 6.45) is 0. The van der Waals surface area contributed by atoms with Gasteiger partial charge >= 0.3 is 0 Å². The molecule has 0 radical (unpaired) electrons. The monoisotopic (exact) mass is 297 g/mol. The molecule has 0 heterocycles. The molecule has 1 N–H and O–H groups in total. The van der Waals surface area contributed by atoms with Gasteiger partial charge in [-0.25, -0.2) is 4.39 Å². The number of aryl methyl sites for hydroxylation is 1. The van der Waals surface area contributed by atoms with Gasteiger partial charge < -0.3 is 5.32 Å². The van der Waals surface area contributed by atoms with Crippen LogP contribution in [0.1, 0.15) is 15.9 Å². The summed E-state index contributed by atoms with van der Waals surface area (Å²) in [5.41, 5.74) is 1.23. The molecule has 0 spiro atoms. The van der Waals surface area contributed by atoms with Crippen molar-refractivity contribution in [2.24, 2.45) is 0 Å². The molecule has 2 aromatic carbocycles. The van der Waals surface area contributed by atoms with E-state index in [1.54, 1.807) is 19.1 Å². The second-order valence-electron chi connectivity index (χ2n) is 4.04. The van der Waals surface area contributed by atoms with Crippen LogP contribution in [0, 0.1) is 12.7 Å². The number of hydrogen-bond donors (Lipinski definition) is 1. The van der Waals surface area contributed by atoms with Crippen LogP contribution in [-0.4, -0.2) is 5.91 Å². The molecule has 0 aliphatic heterocycles. The zero-order chi connectivity index (χ0) is 14.0. The molecule has 0 bridgehead atoms. The number of hydrogen-bond acceptors (Lipinski definition) is 1. The molecule has 0 aliphatic carbocycles. The molecule has 0 saturated heterocycles. The lowest BCUT2D eigenvalue weighted by molar-refractivity contribution is 0.102. The van der Waals surface area contributed by atoms with Crippen LogP contribution < -0.4 is 5.32 Å². The molecule has 0 fully saturated rings. The van der Waals surface area contributed by atoms with Crippen LogP contribution in [0.5, 0.6) is 0 Å². The van der Waals surface area contributed by atoms with Crippen molar-refractivity contribution in [1.82, 2.24) is 0 Å². The maximum Gasteiger partial charge on any atom is 0.255 e. The third-order valence-corrected chi connectivity index (χ3v) is 3.15. The molecule has 0 saturated carbocycles. The molecule has 2 rings (SSSR count). The minimum Gasteiger partial charge on any atom is -0.321 e. The zero-order valence-corrected chi connectivity index (χ0v) is 11.5. The van der Waals surface area contributed by atoms with Crippen molar-refractivity contribution in [2.75, 3.05) is 5.32 Å². The summed E-state index contributed by atoms with van der Waals surface area (Å²) in [4.78, 5) is 12.0. The second kappa shape index (κ2) is 5.59. The fourth-order valence-electron chi connectivity index (χ4n) is 1.57. The summed E-state index contributed by atoms with van der Waals surface area (Å²) in [6, 6.07) is 8.93. The third-order valence-electron chi connectivity index (χ3n) is 2.60. The summed E-state index contributed by atoms with van der Waals surface area (Å²) >= 11 is 11.7. The molecule has 98 valence electrons. The van der Waals surface area contributed by atoms with Gasteiger partial charge in [-0.2, -0.15) is 0 Å². The van der Waals surface area contributed by atoms with Crippen LogP contribution >= 0.6 is 23.2 Å². The Bertz CT molecular complexity index is 643.